The predicted molar refractivity (Wildman–Crippen MR) is 93.6 cm³/mol. The van der Waals surface area contributed by atoms with Crippen LogP contribution in [0.15, 0.2) is 41.4 Å². The van der Waals surface area contributed by atoms with Crippen molar-refractivity contribution >= 4 is 33.4 Å². The highest BCUT2D eigenvalue weighted by Gasteiger charge is 2.32. The maximum Gasteiger partial charge on any atom is 0.337 e. The molecule has 2 heterocycles. The first kappa shape index (κ1) is 18.6. The summed E-state index contributed by atoms with van der Waals surface area (Å²) in [6.45, 7) is 1.03. The van der Waals surface area contributed by atoms with Crippen molar-refractivity contribution in [1.82, 2.24) is 9.29 Å². The second-order valence-corrected chi connectivity index (χ2v) is 7.96. The fourth-order valence-corrected chi connectivity index (χ4v) is 4.45. The summed E-state index contributed by atoms with van der Waals surface area (Å²) in [5.74, 6) is -1.77. The fourth-order valence-electron chi connectivity index (χ4n) is 2.73. The Balaban J connectivity index is 1.84. The Morgan fingerprint density at radius 1 is 1.19 bits per heavy atom. The molecule has 2 aromatic rings. The zero-order valence-corrected chi connectivity index (χ0v) is 15.0. The van der Waals surface area contributed by atoms with Crippen LogP contribution in [0.2, 0.25) is 5.02 Å². The monoisotopic (exact) mass is 399 g/mol. The highest BCUT2D eigenvalue weighted by Crippen LogP contribution is 2.27. The highest BCUT2D eigenvalue weighted by molar-refractivity contribution is 7.89. The lowest BCUT2D eigenvalue weighted by Gasteiger charge is -2.34. The summed E-state index contributed by atoms with van der Waals surface area (Å²) in [6, 6.07) is 6.92. The standard InChI is InChI=1S/C16H15ClFN3O4S/c17-12-10-13(18)14(9-11(12)16(22)23)26(24,25)21-7-5-20(6-8-21)15-3-1-2-4-19-15/h1-4,9-10H,5-8H2,(H,22,23). The maximum atomic E-state index is 14.2. The van der Waals surface area contributed by atoms with E-state index < -0.39 is 32.3 Å². The van der Waals surface area contributed by atoms with Crippen LogP contribution in [0.1, 0.15) is 10.4 Å². The number of hydrogen-bond donors (Lipinski definition) is 1. The first-order chi connectivity index (χ1) is 12.3. The van der Waals surface area contributed by atoms with Gasteiger partial charge in [-0.15, -0.1) is 0 Å². The SMILES string of the molecule is O=C(O)c1cc(S(=O)(=O)N2CCN(c3ccccn3)CC2)c(F)cc1Cl. The normalized spacial score (nSPS) is 15.8. The van der Waals surface area contributed by atoms with Gasteiger partial charge in [-0.2, -0.15) is 4.31 Å². The largest absolute Gasteiger partial charge is 0.478 e. The summed E-state index contributed by atoms with van der Waals surface area (Å²) in [5.41, 5.74) is -0.459. The van der Waals surface area contributed by atoms with E-state index in [-0.39, 0.29) is 18.1 Å². The van der Waals surface area contributed by atoms with Crippen molar-refractivity contribution in [2.75, 3.05) is 31.1 Å². The number of nitrogens with zero attached hydrogens (tertiary/aromatic N) is 3. The van der Waals surface area contributed by atoms with Gasteiger partial charge >= 0.3 is 5.97 Å². The number of rotatable bonds is 4. The molecular weight excluding hydrogens is 385 g/mol. The van der Waals surface area contributed by atoms with Crippen molar-refractivity contribution in [3.05, 3.63) is 52.9 Å². The van der Waals surface area contributed by atoms with Crippen molar-refractivity contribution in [1.29, 1.82) is 0 Å². The first-order valence-electron chi connectivity index (χ1n) is 7.69. The van der Waals surface area contributed by atoms with Crippen molar-refractivity contribution in [2.24, 2.45) is 0 Å². The van der Waals surface area contributed by atoms with E-state index in [9.17, 15) is 17.6 Å². The number of anilines is 1. The Kier molecular flexibility index (Phi) is 5.12. The molecule has 10 heteroatoms. The third-order valence-electron chi connectivity index (χ3n) is 4.08. The van der Waals surface area contributed by atoms with Crippen LogP contribution >= 0.6 is 11.6 Å². The minimum Gasteiger partial charge on any atom is -0.478 e. The van der Waals surface area contributed by atoms with Crippen LogP contribution in [0.25, 0.3) is 0 Å². The molecule has 1 aliphatic heterocycles. The molecule has 1 aromatic carbocycles. The molecule has 0 aliphatic carbocycles. The summed E-state index contributed by atoms with van der Waals surface area (Å²) >= 11 is 5.68. The van der Waals surface area contributed by atoms with E-state index in [1.807, 2.05) is 17.0 Å². The molecule has 0 bridgehead atoms. The van der Waals surface area contributed by atoms with E-state index in [0.29, 0.717) is 19.2 Å². The quantitative estimate of drug-likeness (QED) is 0.846. The molecule has 1 fully saturated rings. The zero-order valence-electron chi connectivity index (χ0n) is 13.5. The molecule has 138 valence electrons. The Morgan fingerprint density at radius 2 is 1.88 bits per heavy atom. The zero-order chi connectivity index (χ0) is 18.9. The van der Waals surface area contributed by atoms with Gasteiger partial charge in [0.1, 0.15) is 16.5 Å². The lowest BCUT2D eigenvalue weighted by Crippen LogP contribution is -2.49. The molecular formula is C16H15ClFN3O4S. The van der Waals surface area contributed by atoms with Crippen LogP contribution in [0.4, 0.5) is 10.2 Å². The van der Waals surface area contributed by atoms with Gasteiger partial charge in [-0.25, -0.2) is 22.6 Å². The van der Waals surface area contributed by atoms with Crippen molar-refractivity contribution in [3.63, 3.8) is 0 Å². The molecule has 0 spiro atoms. The first-order valence-corrected chi connectivity index (χ1v) is 9.51. The molecule has 26 heavy (non-hydrogen) atoms. The molecule has 0 atom stereocenters. The maximum absolute atomic E-state index is 14.2. The molecule has 0 unspecified atom stereocenters. The van der Waals surface area contributed by atoms with Gasteiger partial charge in [0.25, 0.3) is 0 Å². The van der Waals surface area contributed by atoms with Gasteiger partial charge in [0.15, 0.2) is 0 Å². The van der Waals surface area contributed by atoms with Gasteiger partial charge in [0.2, 0.25) is 10.0 Å². The number of halogens is 2. The molecule has 1 saturated heterocycles. The second kappa shape index (κ2) is 7.18. The van der Waals surface area contributed by atoms with Crippen LogP contribution in [0, 0.1) is 5.82 Å². The third kappa shape index (κ3) is 3.50. The minimum absolute atomic E-state index is 0.128. The van der Waals surface area contributed by atoms with Gasteiger partial charge in [-0.05, 0) is 24.3 Å². The number of piperazine rings is 1. The van der Waals surface area contributed by atoms with Gasteiger partial charge in [-0.3, -0.25) is 0 Å². The Hall–Kier alpha value is -2.23. The number of pyridine rings is 1. The molecule has 0 radical (unpaired) electrons. The van der Waals surface area contributed by atoms with E-state index in [4.69, 9.17) is 16.7 Å². The van der Waals surface area contributed by atoms with Crippen molar-refractivity contribution in [3.8, 4) is 0 Å². The topological polar surface area (TPSA) is 90.8 Å². The number of carboxylic acid groups (broad SMARTS) is 1. The lowest BCUT2D eigenvalue weighted by molar-refractivity contribution is 0.0696. The summed E-state index contributed by atoms with van der Waals surface area (Å²) in [4.78, 5) is 16.6. The van der Waals surface area contributed by atoms with Crippen LogP contribution in [0.5, 0.6) is 0 Å². The number of benzene rings is 1. The fraction of sp³-hybridized carbons (Fsp3) is 0.250. The average Bonchev–Trinajstić information content (AvgIpc) is 2.62. The van der Waals surface area contributed by atoms with Crippen LogP contribution < -0.4 is 4.90 Å². The number of sulfonamides is 1. The summed E-state index contributed by atoms with van der Waals surface area (Å²) in [7, 11) is -4.18. The third-order valence-corrected chi connectivity index (χ3v) is 6.31. The van der Waals surface area contributed by atoms with E-state index in [1.54, 1.807) is 12.3 Å². The van der Waals surface area contributed by atoms with Gasteiger partial charge < -0.3 is 10.0 Å². The van der Waals surface area contributed by atoms with E-state index in [1.165, 1.54) is 0 Å². The Morgan fingerprint density at radius 3 is 2.46 bits per heavy atom. The van der Waals surface area contributed by atoms with Crippen molar-refractivity contribution < 1.29 is 22.7 Å². The Bertz CT molecular complexity index is 932. The van der Waals surface area contributed by atoms with Gasteiger partial charge in [-0.1, -0.05) is 17.7 Å². The number of aromatic nitrogens is 1. The lowest BCUT2D eigenvalue weighted by atomic mass is 10.2. The molecule has 0 amide bonds. The summed E-state index contributed by atoms with van der Waals surface area (Å²) < 4.78 is 40.8. The summed E-state index contributed by atoms with van der Waals surface area (Å²) in [6.07, 6.45) is 1.65. The van der Waals surface area contributed by atoms with Crippen LogP contribution in [-0.4, -0.2) is 55.0 Å². The smallest absolute Gasteiger partial charge is 0.337 e. The number of aromatic carboxylic acids is 1. The summed E-state index contributed by atoms with van der Waals surface area (Å²) in [5, 5.41) is 8.74. The Labute approximate surface area is 154 Å². The van der Waals surface area contributed by atoms with Crippen molar-refractivity contribution in [2.45, 2.75) is 4.90 Å². The molecule has 0 saturated carbocycles. The molecule has 7 nitrogen and oxygen atoms in total. The molecule has 3 rings (SSSR count). The number of hydrogen-bond acceptors (Lipinski definition) is 5. The van der Waals surface area contributed by atoms with E-state index in [2.05, 4.69) is 4.98 Å². The number of carboxylic acids is 1. The van der Waals surface area contributed by atoms with Crippen LogP contribution in [-0.2, 0) is 10.0 Å². The van der Waals surface area contributed by atoms with E-state index >= 15 is 0 Å². The van der Waals surface area contributed by atoms with Gasteiger partial charge in [0, 0.05) is 32.4 Å². The van der Waals surface area contributed by atoms with E-state index in [0.717, 1.165) is 16.2 Å². The highest BCUT2D eigenvalue weighted by atomic mass is 35.5. The predicted octanol–water partition coefficient (Wildman–Crippen LogP) is 2.08. The number of carbonyl (C=O) groups is 1. The second-order valence-electron chi connectivity index (χ2n) is 5.65. The molecule has 1 N–H and O–H groups in total. The van der Waals surface area contributed by atoms with Crippen LogP contribution in [0.3, 0.4) is 0 Å². The average molecular weight is 400 g/mol. The minimum atomic E-state index is -4.18. The molecule has 1 aliphatic rings. The van der Waals surface area contributed by atoms with Gasteiger partial charge in [0.05, 0.1) is 10.6 Å². The molecule has 1 aromatic heterocycles.